The summed E-state index contributed by atoms with van der Waals surface area (Å²) in [5.74, 6) is -0.808. The van der Waals surface area contributed by atoms with Crippen LogP contribution in [-0.4, -0.2) is 11.8 Å². The topological polar surface area (TPSA) is 37.4 Å². The highest BCUT2D eigenvalue weighted by Gasteiger charge is 2.37. The zero-order valence-electron chi connectivity index (χ0n) is 9.86. The van der Waals surface area contributed by atoms with Crippen LogP contribution in [0.2, 0.25) is 10.0 Å². The second kappa shape index (κ2) is 4.88. The van der Waals surface area contributed by atoms with Crippen molar-refractivity contribution in [1.82, 2.24) is 0 Å². The van der Waals surface area contributed by atoms with Crippen molar-refractivity contribution in [3.05, 3.63) is 62.0 Å². The molecule has 0 aromatic heterocycles. The lowest BCUT2D eigenvalue weighted by Gasteiger charge is -2.15. The van der Waals surface area contributed by atoms with Gasteiger partial charge in [0.25, 0.3) is 11.8 Å². The van der Waals surface area contributed by atoms with Gasteiger partial charge < -0.3 is 0 Å². The van der Waals surface area contributed by atoms with Gasteiger partial charge >= 0.3 is 0 Å². The van der Waals surface area contributed by atoms with Crippen LogP contribution in [0.15, 0.2) is 40.9 Å². The molecule has 0 N–H and O–H groups in total. The number of amides is 2. The van der Waals surface area contributed by atoms with Gasteiger partial charge in [-0.3, -0.25) is 9.59 Å². The maximum Gasteiger partial charge on any atom is 0.266 e. The lowest BCUT2D eigenvalue weighted by atomic mass is 10.1. The quantitative estimate of drug-likeness (QED) is 0.690. The molecule has 0 saturated carbocycles. The van der Waals surface area contributed by atoms with Gasteiger partial charge in [-0.2, -0.15) is 0 Å². The van der Waals surface area contributed by atoms with E-state index in [0.29, 0.717) is 26.9 Å². The summed E-state index contributed by atoms with van der Waals surface area (Å²) < 4.78 is 0.733. The van der Waals surface area contributed by atoms with E-state index in [1.165, 1.54) is 6.07 Å². The minimum absolute atomic E-state index is 0.293. The molecule has 6 heteroatoms. The van der Waals surface area contributed by atoms with E-state index in [2.05, 4.69) is 15.9 Å². The number of carbonyl (C=O) groups is 2. The van der Waals surface area contributed by atoms with Crippen LogP contribution < -0.4 is 4.90 Å². The molecular weight excluding hydrogens is 365 g/mol. The number of hydrogen-bond acceptors (Lipinski definition) is 2. The van der Waals surface area contributed by atoms with Gasteiger partial charge in [-0.1, -0.05) is 39.1 Å². The SMILES string of the molecule is O=C1c2ccc(Br)cc2C(=O)N1c1cc(Cl)ccc1Cl. The number of imide groups is 1. The fourth-order valence-electron chi connectivity index (χ4n) is 2.09. The highest BCUT2D eigenvalue weighted by atomic mass is 79.9. The smallest absolute Gasteiger partial charge is 0.266 e. The van der Waals surface area contributed by atoms with E-state index < -0.39 is 11.8 Å². The third kappa shape index (κ3) is 2.04. The lowest BCUT2D eigenvalue weighted by molar-refractivity contribution is 0.0926. The van der Waals surface area contributed by atoms with Crippen LogP contribution in [0, 0.1) is 0 Å². The van der Waals surface area contributed by atoms with Crippen LogP contribution in [0.3, 0.4) is 0 Å². The first kappa shape index (κ1) is 13.6. The van der Waals surface area contributed by atoms with E-state index in [9.17, 15) is 9.59 Å². The molecule has 0 unspecified atom stereocenters. The summed E-state index contributed by atoms with van der Waals surface area (Å²) in [6.07, 6.45) is 0. The largest absolute Gasteiger partial charge is 0.268 e. The second-order valence-corrected chi connectivity index (χ2v) is 5.99. The number of halogens is 3. The summed E-state index contributed by atoms with van der Waals surface area (Å²) in [4.78, 5) is 25.8. The summed E-state index contributed by atoms with van der Waals surface area (Å²) in [6, 6.07) is 9.60. The maximum atomic E-state index is 12.4. The van der Waals surface area contributed by atoms with Gasteiger partial charge in [0.1, 0.15) is 0 Å². The van der Waals surface area contributed by atoms with Gasteiger partial charge in [-0.25, -0.2) is 4.90 Å². The number of benzene rings is 2. The van der Waals surface area contributed by atoms with Crippen molar-refractivity contribution < 1.29 is 9.59 Å². The van der Waals surface area contributed by atoms with E-state index in [1.807, 2.05) is 0 Å². The number of hydrogen-bond donors (Lipinski definition) is 0. The Hall–Kier alpha value is -1.36. The fraction of sp³-hybridized carbons (Fsp3) is 0. The predicted molar refractivity (Wildman–Crippen MR) is 81.7 cm³/mol. The van der Waals surface area contributed by atoms with Gasteiger partial charge in [0.15, 0.2) is 0 Å². The Morgan fingerprint density at radius 2 is 1.60 bits per heavy atom. The number of nitrogens with zero attached hydrogens (tertiary/aromatic N) is 1. The molecule has 0 aliphatic carbocycles. The molecule has 1 heterocycles. The van der Waals surface area contributed by atoms with E-state index in [4.69, 9.17) is 23.2 Å². The predicted octanol–water partition coefficient (Wildman–Crippen LogP) is 4.56. The molecule has 0 atom stereocenters. The van der Waals surface area contributed by atoms with Crippen molar-refractivity contribution >= 4 is 56.6 Å². The number of rotatable bonds is 1. The number of carbonyl (C=O) groups excluding carboxylic acids is 2. The molecule has 20 heavy (non-hydrogen) atoms. The van der Waals surface area contributed by atoms with Gasteiger partial charge in [-0.15, -0.1) is 0 Å². The molecule has 2 aromatic carbocycles. The van der Waals surface area contributed by atoms with Crippen LogP contribution in [0.5, 0.6) is 0 Å². The lowest BCUT2D eigenvalue weighted by Crippen LogP contribution is -2.29. The van der Waals surface area contributed by atoms with Crippen LogP contribution in [0.1, 0.15) is 20.7 Å². The molecule has 0 saturated heterocycles. The van der Waals surface area contributed by atoms with Gasteiger partial charge in [0, 0.05) is 9.50 Å². The van der Waals surface area contributed by atoms with Gasteiger partial charge in [0.05, 0.1) is 21.8 Å². The summed E-state index contributed by atoms with van der Waals surface area (Å²) in [6.45, 7) is 0. The first-order valence-corrected chi connectivity index (χ1v) is 7.17. The molecule has 1 aliphatic heterocycles. The molecule has 1 aliphatic rings. The number of fused-ring (bicyclic) bond motifs is 1. The van der Waals surface area contributed by atoms with Crippen molar-refractivity contribution in [2.75, 3.05) is 4.90 Å². The van der Waals surface area contributed by atoms with Crippen LogP contribution >= 0.6 is 39.1 Å². The van der Waals surface area contributed by atoms with Crippen molar-refractivity contribution in [2.24, 2.45) is 0 Å². The average Bonchev–Trinajstić information content (AvgIpc) is 2.65. The third-order valence-electron chi connectivity index (χ3n) is 3.00. The Labute approximate surface area is 133 Å². The normalized spacial score (nSPS) is 13.8. The molecule has 2 aromatic rings. The van der Waals surface area contributed by atoms with E-state index in [0.717, 1.165) is 9.37 Å². The van der Waals surface area contributed by atoms with E-state index >= 15 is 0 Å². The van der Waals surface area contributed by atoms with Crippen LogP contribution in [0.4, 0.5) is 5.69 Å². The zero-order valence-corrected chi connectivity index (χ0v) is 13.0. The summed E-state index contributed by atoms with van der Waals surface area (Å²) >= 11 is 15.3. The van der Waals surface area contributed by atoms with Crippen LogP contribution in [0.25, 0.3) is 0 Å². The maximum absolute atomic E-state index is 12.4. The molecule has 0 radical (unpaired) electrons. The Kier molecular flexibility index (Phi) is 3.32. The first-order valence-electron chi connectivity index (χ1n) is 5.62. The van der Waals surface area contributed by atoms with Crippen molar-refractivity contribution in [3.63, 3.8) is 0 Å². The molecule has 0 fully saturated rings. The monoisotopic (exact) mass is 369 g/mol. The molecule has 100 valence electrons. The highest BCUT2D eigenvalue weighted by molar-refractivity contribution is 9.10. The highest BCUT2D eigenvalue weighted by Crippen LogP contribution is 2.35. The molecule has 3 rings (SSSR count). The molecular formula is C14H6BrCl2NO2. The Morgan fingerprint density at radius 1 is 0.900 bits per heavy atom. The fourth-order valence-corrected chi connectivity index (χ4v) is 2.82. The Morgan fingerprint density at radius 3 is 2.35 bits per heavy atom. The average molecular weight is 371 g/mol. The van der Waals surface area contributed by atoms with Gasteiger partial charge in [-0.05, 0) is 36.4 Å². The van der Waals surface area contributed by atoms with Crippen molar-refractivity contribution in [3.8, 4) is 0 Å². The van der Waals surface area contributed by atoms with Crippen molar-refractivity contribution in [1.29, 1.82) is 0 Å². The molecule has 2 amide bonds. The number of anilines is 1. The molecule has 3 nitrogen and oxygen atoms in total. The second-order valence-electron chi connectivity index (χ2n) is 4.23. The van der Waals surface area contributed by atoms with E-state index in [1.54, 1.807) is 30.3 Å². The van der Waals surface area contributed by atoms with Gasteiger partial charge in [0.2, 0.25) is 0 Å². The van der Waals surface area contributed by atoms with Crippen molar-refractivity contribution in [2.45, 2.75) is 0 Å². The minimum Gasteiger partial charge on any atom is -0.268 e. The zero-order chi connectivity index (χ0) is 14.4. The Balaban J connectivity index is 2.16. The molecule has 0 spiro atoms. The first-order chi connectivity index (χ1) is 9.49. The minimum atomic E-state index is -0.407. The molecule has 0 bridgehead atoms. The Bertz CT molecular complexity index is 761. The third-order valence-corrected chi connectivity index (χ3v) is 4.05. The summed E-state index contributed by atoms with van der Waals surface area (Å²) in [5, 5.41) is 0.699. The standard InChI is InChI=1S/C14H6BrCl2NO2/c15-7-1-3-9-10(5-7)14(20)18(13(9)19)12-6-8(16)2-4-11(12)17/h1-6H. The van der Waals surface area contributed by atoms with Crippen LogP contribution in [-0.2, 0) is 0 Å². The summed E-state index contributed by atoms with van der Waals surface area (Å²) in [5.41, 5.74) is 0.996. The summed E-state index contributed by atoms with van der Waals surface area (Å²) in [7, 11) is 0. The van der Waals surface area contributed by atoms with E-state index in [-0.39, 0.29) is 0 Å².